The van der Waals surface area contributed by atoms with Crippen LogP contribution in [0.1, 0.15) is 17.0 Å². The zero-order valence-electron chi connectivity index (χ0n) is 16.9. The Balaban J connectivity index is 2.09. The van der Waals surface area contributed by atoms with Crippen LogP contribution in [-0.4, -0.2) is 34.8 Å². The summed E-state index contributed by atoms with van der Waals surface area (Å²) < 4.78 is 44.3. The minimum atomic E-state index is -4.09. The van der Waals surface area contributed by atoms with Crippen molar-refractivity contribution in [3.63, 3.8) is 0 Å². The van der Waals surface area contributed by atoms with E-state index < -0.39 is 15.9 Å². The highest BCUT2D eigenvalue weighted by atomic mass is 32.2. The Morgan fingerprint density at radius 1 is 1.19 bits per heavy atom. The SMILES string of the molecule is COc1cc([C@@H]2C(C#N)=C(N)OC3=C2S(=O)(=O)N(C)c2ccccc23)cc(OC)c1O. The summed E-state index contributed by atoms with van der Waals surface area (Å²) in [6.07, 6.45) is 0. The molecule has 0 unspecified atom stereocenters. The van der Waals surface area contributed by atoms with Crippen LogP contribution in [0.4, 0.5) is 5.69 Å². The summed E-state index contributed by atoms with van der Waals surface area (Å²) in [5.41, 5.74) is 7.26. The van der Waals surface area contributed by atoms with Gasteiger partial charge in [0, 0.05) is 12.6 Å². The molecule has 2 aliphatic heterocycles. The zero-order chi connectivity index (χ0) is 22.5. The molecule has 0 aliphatic carbocycles. The largest absolute Gasteiger partial charge is 0.502 e. The number of nitrogens with zero attached hydrogens (tertiary/aromatic N) is 2. The number of ether oxygens (including phenoxy) is 3. The van der Waals surface area contributed by atoms with E-state index in [-0.39, 0.29) is 39.4 Å². The van der Waals surface area contributed by atoms with E-state index in [1.165, 1.54) is 33.4 Å². The Labute approximate surface area is 179 Å². The lowest BCUT2D eigenvalue weighted by Crippen LogP contribution is -2.37. The van der Waals surface area contributed by atoms with Gasteiger partial charge in [-0.2, -0.15) is 5.26 Å². The number of anilines is 1. The molecule has 2 aromatic rings. The number of phenols is 1. The number of phenolic OH excluding ortho intramolecular Hbond substituents is 1. The molecule has 0 saturated carbocycles. The van der Waals surface area contributed by atoms with Gasteiger partial charge in [0.2, 0.25) is 11.6 Å². The lowest BCUT2D eigenvalue weighted by atomic mass is 9.88. The average molecular weight is 441 g/mol. The molecule has 160 valence electrons. The molecule has 0 fully saturated rings. The van der Waals surface area contributed by atoms with E-state index in [1.54, 1.807) is 24.3 Å². The van der Waals surface area contributed by atoms with Crippen molar-refractivity contribution < 1.29 is 27.7 Å². The lowest BCUT2D eigenvalue weighted by molar-refractivity contribution is 0.338. The van der Waals surface area contributed by atoms with Crippen LogP contribution in [0.5, 0.6) is 17.2 Å². The van der Waals surface area contributed by atoms with E-state index in [1.807, 2.05) is 6.07 Å². The van der Waals surface area contributed by atoms with Gasteiger partial charge in [-0.3, -0.25) is 4.31 Å². The molecule has 0 radical (unpaired) electrons. The smallest absolute Gasteiger partial charge is 0.264 e. The molecule has 2 aliphatic rings. The third kappa shape index (κ3) is 2.85. The average Bonchev–Trinajstić information content (AvgIpc) is 2.77. The first-order chi connectivity index (χ1) is 14.8. The lowest BCUT2D eigenvalue weighted by Gasteiger charge is -2.36. The van der Waals surface area contributed by atoms with Crippen LogP contribution in [0.15, 0.2) is 52.8 Å². The van der Waals surface area contributed by atoms with Gasteiger partial charge >= 0.3 is 0 Å². The molecule has 0 aromatic heterocycles. The van der Waals surface area contributed by atoms with Crippen LogP contribution in [0.3, 0.4) is 0 Å². The molecular formula is C21H19N3O6S. The number of nitrogens with two attached hydrogens (primary N) is 1. The van der Waals surface area contributed by atoms with Crippen LogP contribution in [0.25, 0.3) is 5.76 Å². The Morgan fingerprint density at radius 2 is 1.81 bits per heavy atom. The molecule has 4 rings (SSSR count). The van der Waals surface area contributed by atoms with Gasteiger partial charge in [0.05, 0.1) is 25.8 Å². The first kappa shape index (κ1) is 20.4. The van der Waals surface area contributed by atoms with E-state index in [0.29, 0.717) is 16.8 Å². The number of hydrogen-bond acceptors (Lipinski definition) is 8. The number of para-hydroxylation sites is 1. The summed E-state index contributed by atoms with van der Waals surface area (Å²) in [4.78, 5) is -0.130. The molecule has 2 aromatic carbocycles. The van der Waals surface area contributed by atoms with Gasteiger partial charge in [-0.05, 0) is 29.8 Å². The highest BCUT2D eigenvalue weighted by Crippen LogP contribution is 2.52. The Bertz CT molecular complexity index is 1280. The summed E-state index contributed by atoms with van der Waals surface area (Å²) >= 11 is 0. The Hall–Kier alpha value is -3.84. The van der Waals surface area contributed by atoms with Crippen LogP contribution in [-0.2, 0) is 14.8 Å². The maximum atomic E-state index is 13.5. The molecule has 0 saturated heterocycles. The standard InChI is InChI=1S/C21H19N3O6S/c1-24-14-7-5-4-6-12(14)19-20(31(24,26)27)17(13(10-22)21(23)30-19)11-8-15(28-2)18(25)16(9-11)29-3/h4-9,17,25H,23H2,1-3H3/t17-/m1/s1. The topological polar surface area (TPSA) is 135 Å². The molecule has 3 N–H and O–H groups in total. The van der Waals surface area contributed by atoms with Gasteiger partial charge in [-0.1, -0.05) is 12.1 Å². The number of aromatic hydroxyl groups is 1. The molecule has 1 atom stereocenters. The number of nitriles is 1. The van der Waals surface area contributed by atoms with E-state index in [9.17, 15) is 18.8 Å². The predicted octanol–water partition coefficient (Wildman–Crippen LogP) is 2.37. The van der Waals surface area contributed by atoms with Crippen LogP contribution in [0.2, 0.25) is 0 Å². The summed E-state index contributed by atoms with van der Waals surface area (Å²) in [7, 11) is 0.0474. The van der Waals surface area contributed by atoms with Crippen molar-refractivity contribution in [3.05, 3.63) is 63.9 Å². The Kier molecular flexibility index (Phi) is 4.71. The van der Waals surface area contributed by atoms with Gasteiger partial charge < -0.3 is 25.1 Å². The molecule has 9 nitrogen and oxygen atoms in total. The number of allylic oxidation sites excluding steroid dienone is 2. The molecular weight excluding hydrogens is 422 g/mol. The maximum absolute atomic E-state index is 13.5. The highest BCUT2D eigenvalue weighted by molar-refractivity contribution is 7.96. The van der Waals surface area contributed by atoms with Gasteiger partial charge in [-0.15, -0.1) is 0 Å². The van der Waals surface area contributed by atoms with Crippen molar-refractivity contribution in [1.29, 1.82) is 5.26 Å². The Morgan fingerprint density at radius 3 is 2.39 bits per heavy atom. The summed E-state index contributed by atoms with van der Waals surface area (Å²) in [5.74, 6) is -1.38. The molecule has 0 spiro atoms. The van der Waals surface area contributed by atoms with E-state index >= 15 is 0 Å². The van der Waals surface area contributed by atoms with Crippen molar-refractivity contribution in [1.82, 2.24) is 0 Å². The zero-order valence-corrected chi connectivity index (χ0v) is 17.7. The fourth-order valence-electron chi connectivity index (χ4n) is 3.81. The number of benzene rings is 2. The first-order valence-electron chi connectivity index (χ1n) is 9.11. The second-order valence-electron chi connectivity index (χ2n) is 6.88. The highest BCUT2D eigenvalue weighted by Gasteiger charge is 2.46. The van der Waals surface area contributed by atoms with Crippen LogP contribution in [0, 0.1) is 11.3 Å². The van der Waals surface area contributed by atoms with E-state index in [2.05, 4.69) is 0 Å². The number of sulfonamides is 1. The number of fused-ring (bicyclic) bond motifs is 2. The monoisotopic (exact) mass is 441 g/mol. The molecule has 10 heteroatoms. The van der Waals surface area contributed by atoms with Crippen molar-refractivity contribution in [2.45, 2.75) is 5.92 Å². The normalized spacial score (nSPS) is 19.2. The fraction of sp³-hybridized carbons (Fsp3) is 0.190. The summed E-state index contributed by atoms with van der Waals surface area (Å²) in [6, 6.07) is 11.7. The predicted molar refractivity (Wildman–Crippen MR) is 113 cm³/mol. The van der Waals surface area contributed by atoms with Gasteiger partial charge in [0.25, 0.3) is 10.0 Å². The van der Waals surface area contributed by atoms with Gasteiger partial charge in [0.15, 0.2) is 17.3 Å². The molecule has 2 heterocycles. The van der Waals surface area contributed by atoms with Crippen molar-refractivity contribution >= 4 is 21.5 Å². The second kappa shape index (κ2) is 7.14. The number of methoxy groups -OCH3 is 2. The third-order valence-electron chi connectivity index (χ3n) is 5.33. The third-order valence-corrected chi connectivity index (χ3v) is 7.23. The molecule has 0 amide bonds. The maximum Gasteiger partial charge on any atom is 0.264 e. The van der Waals surface area contributed by atoms with Crippen molar-refractivity contribution in [3.8, 4) is 23.3 Å². The minimum absolute atomic E-state index is 0.0563. The van der Waals surface area contributed by atoms with Gasteiger partial charge in [-0.25, -0.2) is 8.42 Å². The van der Waals surface area contributed by atoms with E-state index in [0.717, 1.165) is 4.31 Å². The van der Waals surface area contributed by atoms with Crippen molar-refractivity contribution in [2.24, 2.45) is 5.73 Å². The second-order valence-corrected chi connectivity index (χ2v) is 8.82. The fourth-order valence-corrected chi connectivity index (χ4v) is 5.46. The van der Waals surface area contributed by atoms with Crippen molar-refractivity contribution in [2.75, 3.05) is 25.6 Å². The summed E-state index contributed by atoms with van der Waals surface area (Å²) in [6.45, 7) is 0. The van der Waals surface area contributed by atoms with Gasteiger partial charge in [0.1, 0.15) is 16.5 Å². The quantitative estimate of drug-likeness (QED) is 0.741. The number of rotatable bonds is 3. The molecule has 0 bridgehead atoms. The van der Waals surface area contributed by atoms with E-state index in [4.69, 9.17) is 19.9 Å². The summed E-state index contributed by atoms with van der Waals surface area (Å²) in [5, 5.41) is 20.1. The van der Waals surface area contributed by atoms with Crippen LogP contribution >= 0.6 is 0 Å². The molecule has 31 heavy (non-hydrogen) atoms. The number of hydrogen-bond donors (Lipinski definition) is 2. The minimum Gasteiger partial charge on any atom is -0.502 e. The van der Waals surface area contributed by atoms with Crippen LogP contribution < -0.4 is 19.5 Å². The first-order valence-corrected chi connectivity index (χ1v) is 10.5.